The van der Waals surface area contributed by atoms with Gasteiger partial charge in [0.1, 0.15) is 10.6 Å². The number of thioether (sulfide) groups is 1. The molecule has 0 aromatic heterocycles. The molecule has 0 fully saturated rings. The predicted octanol–water partition coefficient (Wildman–Crippen LogP) is 5.89. The molecule has 30 heavy (non-hydrogen) atoms. The lowest BCUT2D eigenvalue weighted by atomic mass is 10.1. The number of hydrogen-bond donors (Lipinski definition) is 1. The van der Waals surface area contributed by atoms with E-state index in [0.29, 0.717) is 15.6 Å². The van der Waals surface area contributed by atoms with Crippen molar-refractivity contribution < 1.29 is 9.59 Å². The monoisotopic (exact) mass is 434 g/mol. The Morgan fingerprint density at radius 2 is 1.53 bits per heavy atom. The van der Waals surface area contributed by atoms with Crippen LogP contribution in [0.2, 0.25) is 5.02 Å². The summed E-state index contributed by atoms with van der Waals surface area (Å²) in [5, 5.41) is 3.76. The van der Waals surface area contributed by atoms with Gasteiger partial charge in [-0.1, -0.05) is 60.6 Å². The normalized spacial score (nSPS) is 13.9. The third-order valence-electron chi connectivity index (χ3n) is 4.72. The van der Waals surface area contributed by atoms with Crippen molar-refractivity contribution in [3.8, 4) is 0 Å². The molecule has 0 unspecified atom stereocenters. The molecule has 3 aromatic rings. The molecule has 1 aliphatic heterocycles. The molecule has 0 aliphatic carbocycles. The molecule has 4 rings (SSSR count). The maximum Gasteiger partial charge on any atom is 0.283 e. The molecule has 1 aliphatic rings. The van der Waals surface area contributed by atoms with Gasteiger partial charge in [0.15, 0.2) is 0 Å². The third-order valence-corrected chi connectivity index (χ3v) is 6.06. The van der Waals surface area contributed by atoms with E-state index in [1.807, 2.05) is 66.7 Å². The van der Waals surface area contributed by atoms with Crippen LogP contribution in [0, 0.1) is 0 Å². The minimum absolute atomic E-state index is 0.269. The average Bonchev–Trinajstić information content (AvgIpc) is 3.00. The van der Waals surface area contributed by atoms with Gasteiger partial charge < -0.3 is 5.32 Å². The minimum atomic E-state index is -0.371. The van der Waals surface area contributed by atoms with Crippen molar-refractivity contribution in [1.82, 2.24) is 0 Å². The number of nitrogens with zero attached hydrogens (tertiary/aromatic N) is 1. The molecule has 0 saturated heterocycles. The number of amides is 2. The molecule has 150 valence electrons. The number of anilines is 2. The van der Waals surface area contributed by atoms with E-state index in [-0.39, 0.29) is 17.5 Å². The molecular formula is C24H19ClN2O2S. The molecule has 3 aromatic carbocycles. The van der Waals surface area contributed by atoms with Gasteiger partial charge in [-0.05, 0) is 60.5 Å². The van der Waals surface area contributed by atoms with Crippen LogP contribution in [0.3, 0.4) is 0 Å². The van der Waals surface area contributed by atoms with Crippen LogP contribution < -0.4 is 10.2 Å². The summed E-state index contributed by atoms with van der Waals surface area (Å²) in [5.74, 6) is -0.716. The zero-order valence-corrected chi connectivity index (χ0v) is 17.8. The Kier molecular flexibility index (Phi) is 5.93. The number of imide groups is 1. The Hall–Kier alpha value is -3.02. The lowest BCUT2D eigenvalue weighted by molar-refractivity contribution is -0.120. The zero-order valence-electron chi connectivity index (χ0n) is 16.3. The highest BCUT2D eigenvalue weighted by Crippen LogP contribution is 2.38. The maximum absolute atomic E-state index is 13.3. The topological polar surface area (TPSA) is 49.4 Å². The summed E-state index contributed by atoms with van der Waals surface area (Å²) in [4.78, 5) is 29.0. The van der Waals surface area contributed by atoms with Crippen LogP contribution >= 0.6 is 23.4 Å². The third kappa shape index (κ3) is 4.13. The lowest BCUT2D eigenvalue weighted by Gasteiger charge is -2.15. The van der Waals surface area contributed by atoms with E-state index in [4.69, 9.17) is 11.6 Å². The van der Waals surface area contributed by atoms with E-state index in [2.05, 4.69) is 12.2 Å². The summed E-state index contributed by atoms with van der Waals surface area (Å²) in [6.07, 6.45) is 0.888. The summed E-state index contributed by atoms with van der Waals surface area (Å²) >= 11 is 7.23. The van der Waals surface area contributed by atoms with Crippen LogP contribution in [-0.2, 0) is 16.0 Å². The smallest absolute Gasteiger partial charge is 0.283 e. The van der Waals surface area contributed by atoms with Crippen LogP contribution in [0.1, 0.15) is 12.5 Å². The summed E-state index contributed by atoms with van der Waals surface area (Å²) < 4.78 is 0. The van der Waals surface area contributed by atoms with Gasteiger partial charge in [-0.15, -0.1) is 0 Å². The fourth-order valence-corrected chi connectivity index (χ4v) is 4.17. The van der Waals surface area contributed by atoms with Crippen molar-refractivity contribution >= 4 is 46.6 Å². The van der Waals surface area contributed by atoms with Gasteiger partial charge in [0.2, 0.25) is 0 Å². The SMILES string of the molecule is CCc1ccc(N2C(=O)C(Nc3ccccc3)=C(Sc3ccc(Cl)cc3)C2=O)cc1. The second-order valence-electron chi connectivity index (χ2n) is 6.72. The number of carbonyl (C=O) groups is 2. The Balaban J connectivity index is 1.72. The van der Waals surface area contributed by atoms with Crippen molar-refractivity contribution in [1.29, 1.82) is 0 Å². The van der Waals surface area contributed by atoms with Crippen molar-refractivity contribution in [2.75, 3.05) is 10.2 Å². The molecule has 2 amide bonds. The Morgan fingerprint density at radius 3 is 2.17 bits per heavy atom. The largest absolute Gasteiger partial charge is 0.350 e. The van der Waals surface area contributed by atoms with Gasteiger partial charge >= 0.3 is 0 Å². The molecule has 0 spiro atoms. The summed E-state index contributed by atoms with van der Waals surface area (Å²) in [7, 11) is 0. The van der Waals surface area contributed by atoms with Crippen LogP contribution in [-0.4, -0.2) is 11.8 Å². The Labute approximate surface area is 184 Å². The fraction of sp³-hybridized carbons (Fsp3) is 0.0833. The van der Waals surface area contributed by atoms with Crippen LogP contribution in [0.25, 0.3) is 0 Å². The number of rotatable bonds is 6. The number of halogens is 1. The van der Waals surface area contributed by atoms with Gasteiger partial charge in [-0.2, -0.15) is 0 Å². The molecule has 1 N–H and O–H groups in total. The summed E-state index contributed by atoms with van der Waals surface area (Å²) in [6, 6.07) is 24.0. The van der Waals surface area contributed by atoms with Gasteiger partial charge in [0.25, 0.3) is 11.8 Å². The summed E-state index contributed by atoms with van der Waals surface area (Å²) in [6.45, 7) is 2.06. The highest BCUT2D eigenvalue weighted by molar-refractivity contribution is 8.04. The van der Waals surface area contributed by atoms with Crippen LogP contribution in [0.15, 0.2) is 94.4 Å². The van der Waals surface area contributed by atoms with Gasteiger partial charge in [0.05, 0.1) is 5.69 Å². The number of para-hydroxylation sites is 1. The van der Waals surface area contributed by atoms with Crippen LogP contribution in [0.4, 0.5) is 11.4 Å². The van der Waals surface area contributed by atoms with Crippen molar-refractivity contribution in [3.05, 3.63) is 100 Å². The van der Waals surface area contributed by atoms with Crippen molar-refractivity contribution in [2.24, 2.45) is 0 Å². The Bertz CT molecular complexity index is 1110. The van der Waals surface area contributed by atoms with E-state index in [0.717, 1.165) is 22.6 Å². The molecular weight excluding hydrogens is 416 g/mol. The number of benzene rings is 3. The van der Waals surface area contributed by atoms with Crippen molar-refractivity contribution in [2.45, 2.75) is 18.2 Å². The van der Waals surface area contributed by atoms with E-state index in [1.165, 1.54) is 16.7 Å². The minimum Gasteiger partial charge on any atom is -0.350 e. The molecule has 0 saturated carbocycles. The van der Waals surface area contributed by atoms with E-state index in [9.17, 15) is 9.59 Å². The molecule has 0 atom stereocenters. The predicted molar refractivity (Wildman–Crippen MR) is 123 cm³/mol. The van der Waals surface area contributed by atoms with Gasteiger partial charge in [-0.25, -0.2) is 4.90 Å². The van der Waals surface area contributed by atoms with Crippen LogP contribution in [0.5, 0.6) is 0 Å². The molecule has 0 bridgehead atoms. The number of carbonyl (C=O) groups excluding carboxylic acids is 2. The molecule has 4 nitrogen and oxygen atoms in total. The second-order valence-corrected chi connectivity index (χ2v) is 8.24. The van der Waals surface area contributed by atoms with E-state index in [1.54, 1.807) is 12.1 Å². The first-order valence-electron chi connectivity index (χ1n) is 9.54. The highest BCUT2D eigenvalue weighted by atomic mass is 35.5. The first kappa shape index (κ1) is 20.3. The Morgan fingerprint density at radius 1 is 0.867 bits per heavy atom. The molecule has 1 heterocycles. The first-order chi connectivity index (χ1) is 14.6. The van der Waals surface area contributed by atoms with E-state index >= 15 is 0 Å². The number of nitrogens with one attached hydrogen (secondary N) is 1. The highest BCUT2D eigenvalue weighted by Gasteiger charge is 2.40. The van der Waals surface area contributed by atoms with E-state index < -0.39 is 0 Å². The lowest BCUT2D eigenvalue weighted by Crippen LogP contribution is -2.32. The quantitative estimate of drug-likeness (QED) is 0.491. The maximum atomic E-state index is 13.3. The zero-order chi connectivity index (χ0) is 21.1. The molecule has 0 radical (unpaired) electrons. The number of hydrogen-bond acceptors (Lipinski definition) is 4. The standard InChI is InChI=1S/C24H19ClN2O2S/c1-2-16-8-12-19(13-9-16)27-23(28)21(26-18-6-4-3-5-7-18)22(24(27)29)30-20-14-10-17(25)11-15-20/h3-15,26H,2H2,1H3. The fourth-order valence-electron chi connectivity index (χ4n) is 3.12. The van der Waals surface area contributed by atoms with Gasteiger partial charge in [-0.3, -0.25) is 9.59 Å². The first-order valence-corrected chi connectivity index (χ1v) is 10.7. The second kappa shape index (κ2) is 8.78. The number of aryl methyl sites for hydroxylation is 1. The average molecular weight is 435 g/mol. The molecule has 6 heteroatoms. The van der Waals surface area contributed by atoms with Crippen molar-refractivity contribution in [3.63, 3.8) is 0 Å². The summed E-state index contributed by atoms with van der Waals surface area (Å²) in [5.41, 5.74) is 2.71. The van der Waals surface area contributed by atoms with Gasteiger partial charge in [0, 0.05) is 15.6 Å².